The molecule has 0 fully saturated rings. The topological polar surface area (TPSA) is 25.8 Å². The highest BCUT2D eigenvalue weighted by Crippen LogP contribution is 2.10. The van der Waals surface area contributed by atoms with Gasteiger partial charge in [0.05, 0.1) is 8.07 Å². The van der Waals surface area contributed by atoms with Gasteiger partial charge in [-0.15, -0.1) is 0 Å². The molecule has 0 aliphatic rings. The molecule has 0 radical (unpaired) electrons. The first-order chi connectivity index (χ1) is 10.8. The van der Waals surface area contributed by atoms with Crippen molar-refractivity contribution in [1.82, 2.24) is 9.97 Å². The molecule has 2 nitrogen and oxygen atoms in total. The van der Waals surface area contributed by atoms with Crippen LogP contribution in [0.1, 0.15) is 7.43 Å². The molecule has 0 bridgehead atoms. The quantitative estimate of drug-likeness (QED) is 0.193. The Morgan fingerprint density at radius 2 is 1.16 bits per heavy atom. The Hall–Kier alpha value is 0.464. The zero-order valence-corrected chi connectivity index (χ0v) is 22.4. The maximum atomic E-state index is 5.67. The molecule has 0 saturated heterocycles. The van der Waals surface area contributed by atoms with Crippen LogP contribution in [-0.4, -0.2) is 25.4 Å². The summed E-state index contributed by atoms with van der Waals surface area (Å²) in [5.74, 6) is 0. The fraction of sp³-hybridized carbons (Fsp3) is 0.412. The molecule has 142 valence electrons. The van der Waals surface area contributed by atoms with Gasteiger partial charge in [0.25, 0.3) is 0 Å². The van der Waals surface area contributed by atoms with Crippen LogP contribution in [0.15, 0.2) is 50.3 Å². The van der Waals surface area contributed by atoms with Crippen molar-refractivity contribution >= 4 is 79.5 Å². The molecule has 0 atom stereocenters. The van der Waals surface area contributed by atoms with Gasteiger partial charge in [0.1, 0.15) is 16.6 Å². The van der Waals surface area contributed by atoms with E-state index in [0.29, 0.717) is 0 Å². The highest BCUT2D eigenvalue weighted by Gasteiger charge is 2.15. The van der Waals surface area contributed by atoms with E-state index in [9.17, 15) is 0 Å². The normalized spacial score (nSPS) is 10.5. The standard InChI is InChI=1S/C8H12BrNSi.C5H3Br2N.C3H9ClSi.CH4/c1-11(2,3)7-4-5-8(9)10-6-7;6-4-1-2-5(7)8-3-4;1-5(2,3)4;/h4-6H,1-3H3;1-3H;1-3H3;1H4. The van der Waals surface area contributed by atoms with Gasteiger partial charge in [-0.2, -0.15) is 11.1 Å². The lowest BCUT2D eigenvalue weighted by Crippen LogP contribution is -2.37. The minimum Gasteiger partial charge on any atom is -0.249 e. The van der Waals surface area contributed by atoms with E-state index >= 15 is 0 Å². The van der Waals surface area contributed by atoms with E-state index in [4.69, 9.17) is 11.1 Å². The summed E-state index contributed by atoms with van der Waals surface area (Å²) >= 11 is 15.5. The summed E-state index contributed by atoms with van der Waals surface area (Å²) in [4.78, 5) is 8.15. The van der Waals surface area contributed by atoms with Crippen LogP contribution in [0.5, 0.6) is 0 Å². The fourth-order valence-corrected chi connectivity index (χ4v) is 2.92. The van der Waals surface area contributed by atoms with Gasteiger partial charge in [0, 0.05) is 16.9 Å². The molecule has 0 amide bonds. The molecule has 0 N–H and O–H groups in total. The van der Waals surface area contributed by atoms with Crippen molar-refractivity contribution in [1.29, 1.82) is 0 Å². The SMILES string of the molecule is Brc1ccc(Br)nc1.C.C[Si](C)(C)Cl.C[Si](C)(C)c1ccc(Br)nc1. The molecule has 2 aromatic heterocycles. The Kier molecular flexibility index (Phi) is 14.1. The number of rotatable bonds is 1. The van der Waals surface area contributed by atoms with E-state index in [1.54, 1.807) is 6.20 Å². The van der Waals surface area contributed by atoms with E-state index in [0.717, 1.165) is 13.7 Å². The molecule has 2 rings (SSSR count). The third kappa shape index (κ3) is 17.6. The van der Waals surface area contributed by atoms with Gasteiger partial charge in [-0.3, -0.25) is 0 Å². The zero-order chi connectivity index (χ0) is 19.0. The number of hydrogen-bond acceptors (Lipinski definition) is 2. The van der Waals surface area contributed by atoms with Gasteiger partial charge in [-0.25, -0.2) is 9.97 Å². The highest BCUT2D eigenvalue weighted by molar-refractivity contribution is 9.11. The molecule has 0 aromatic carbocycles. The van der Waals surface area contributed by atoms with Crippen LogP contribution in [0.3, 0.4) is 0 Å². The molecule has 0 aliphatic carbocycles. The van der Waals surface area contributed by atoms with Crippen LogP contribution in [0.4, 0.5) is 0 Å². The Balaban J connectivity index is 0. The van der Waals surface area contributed by atoms with Crippen LogP contribution in [0, 0.1) is 0 Å². The predicted octanol–water partition coefficient (Wildman–Crippen LogP) is 7.69. The van der Waals surface area contributed by atoms with Gasteiger partial charge >= 0.3 is 0 Å². The minimum absolute atomic E-state index is 0. The summed E-state index contributed by atoms with van der Waals surface area (Å²) in [6.07, 6.45) is 3.71. The summed E-state index contributed by atoms with van der Waals surface area (Å²) in [6, 6.07) is 7.97. The fourth-order valence-electron chi connectivity index (χ4n) is 1.18. The van der Waals surface area contributed by atoms with Crippen LogP contribution in [0.25, 0.3) is 0 Å². The molecule has 0 unspecified atom stereocenters. The van der Waals surface area contributed by atoms with E-state index < -0.39 is 15.5 Å². The first kappa shape index (κ1) is 27.7. The maximum absolute atomic E-state index is 5.67. The average Bonchev–Trinajstić information content (AvgIpc) is 2.40. The summed E-state index contributed by atoms with van der Waals surface area (Å²) < 4.78 is 2.78. The first-order valence-electron chi connectivity index (χ1n) is 7.37. The molecule has 2 heterocycles. The van der Waals surface area contributed by atoms with Gasteiger partial charge < -0.3 is 0 Å². The van der Waals surface area contributed by atoms with Crippen LogP contribution >= 0.6 is 58.9 Å². The molecule has 0 aliphatic heterocycles. The molecule has 25 heavy (non-hydrogen) atoms. The largest absolute Gasteiger partial charge is 0.249 e. The Morgan fingerprint density at radius 3 is 1.40 bits per heavy atom. The first-order valence-corrected chi connectivity index (χ1v) is 17.8. The predicted molar refractivity (Wildman–Crippen MR) is 130 cm³/mol. The van der Waals surface area contributed by atoms with Crippen molar-refractivity contribution in [2.75, 3.05) is 0 Å². The average molecular weight is 592 g/mol. The van der Waals surface area contributed by atoms with Crippen molar-refractivity contribution < 1.29 is 0 Å². The molecular weight excluding hydrogens is 564 g/mol. The molecule has 0 saturated carbocycles. The Labute approximate surface area is 185 Å². The molecular formula is C17H28Br3ClN2Si2. The van der Waals surface area contributed by atoms with Gasteiger partial charge in [0.2, 0.25) is 0 Å². The third-order valence-corrected chi connectivity index (χ3v) is 5.72. The molecule has 2 aromatic rings. The second kappa shape index (κ2) is 12.8. The summed E-state index contributed by atoms with van der Waals surface area (Å²) in [5.41, 5.74) is 0. The minimum atomic E-state index is -1.14. The second-order valence-corrected chi connectivity index (χ2v) is 22.1. The van der Waals surface area contributed by atoms with Crippen LogP contribution < -0.4 is 5.19 Å². The summed E-state index contributed by atoms with van der Waals surface area (Å²) in [5, 5.41) is 1.40. The lowest BCUT2D eigenvalue weighted by molar-refractivity contribution is 1.26. The second-order valence-electron chi connectivity index (χ2n) is 6.99. The molecule has 0 spiro atoms. The maximum Gasteiger partial charge on any atom is 0.147 e. The number of nitrogens with zero attached hydrogens (tertiary/aromatic N) is 2. The van der Waals surface area contributed by atoms with Crippen molar-refractivity contribution in [2.24, 2.45) is 0 Å². The number of aromatic nitrogens is 2. The van der Waals surface area contributed by atoms with Crippen molar-refractivity contribution in [2.45, 2.75) is 46.7 Å². The van der Waals surface area contributed by atoms with Crippen LogP contribution in [0.2, 0.25) is 39.3 Å². The van der Waals surface area contributed by atoms with E-state index in [2.05, 4.69) is 103 Å². The van der Waals surface area contributed by atoms with Crippen molar-refractivity contribution in [3.63, 3.8) is 0 Å². The van der Waals surface area contributed by atoms with Gasteiger partial charge in [-0.1, -0.05) is 52.8 Å². The summed E-state index contributed by atoms with van der Waals surface area (Å²) in [6.45, 7) is 13.2. The van der Waals surface area contributed by atoms with E-state index in [-0.39, 0.29) is 7.43 Å². The number of hydrogen-bond donors (Lipinski definition) is 0. The van der Waals surface area contributed by atoms with Crippen LogP contribution in [-0.2, 0) is 0 Å². The molecule has 8 heteroatoms. The monoisotopic (exact) mass is 588 g/mol. The third-order valence-electron chi connectivity index (χ3n) is 2.28. The number of pyridine rings is 2. The van der Waals surface area contributed by atoms with Crippen molar-refractivity contribution in [3.05, 3.63) is 50.3 Å². The van der Waals surface area contributed by atoms with E-state index in [1.165, 1.54) is 5.19 Å². The zero-order valence-electron chi connectivity index (χ0n) is 14.9. The lowest BCUT2D eigenvalue weighted by Gasteiger charge is -2.15. The Bertz CT molecular complexity index is 568. The smallest absolute Gasteiger partial charge is 0.147 e. The van der Waals surface area contributed by atoms with E-state index in [1.807, 2.05) is 24.4 Å². The van der Waals surface area contributed by atoms with Gasteiger partial charge in [-0.05, 0) is 71.2 Å². The number of halogens is 4. The van der Waals surface area contributed by atoms with Crippen molar-refractivity contribution in [3.8, 4) is 0 Å². The lowest BCUT2D eigenvalue weighted by atomic mass is 10.5. The van der Waals surface area contributed by atoms with Gasteiger partial charge in [0.15, 0.2) is 0 Å². The Morgan fingerprint density at radius 1 is 0.760 bits per heavy atom. The highest BCUT2D eigenvalue weighted by atomic mass is 79.9. The summed E-state index contributed by atoms with van der Waals surface area (Å²) in [7, 11) is -2.28.